The van der Waals surface area contributed by atoms with Crippen molar-refractivity contribution >= 4 is 5.91 Å². The second-order valence-corrected chi connectivity index (χ2v) is 7.05. The van der Waals surface area contributed by atoms with Gasteiger partial charge in [-0.05, 0) is 55.2 Å². The Labute approximate surface area is 138 Å². The van der Waals surface area contributed by atoms with Crippen LogP contribution >= 0.6 is 0 Å². The number of benzene rings is 1. The maximum Gasteiger partial charge on any atom is 0.224 e. The van der Waals surface area contributed by atoms with Gasteiger partial charge in [0.05, 0.1) is 13.5 Å². The topological polar surface area (TPSA) is 58.6 Å². The summed E-state index contributed by atoms with van der Waals surface area (Å²) >= 11 is 0. The fraction of sp³-hybridized carbons (Fsp3) is 0.632. The molecular weight excluding hydrogens is 290 g/mol. The molecule has 4 heteroatoms. The summed E-state index contributed by atoms with van der Waals surface area (Å²) in [4.78, 5) is 12.2. The van der Waals surface area contributed by atoms with Gasteiger partial charge >= 0.3 is 0 Å². The molecule has 4 nitrogen and oxygen atoms in total. The van der Waals surface area contributed by atoms with Gasteiger partial charge in [-0.1, -0.05) is 25.3 Å². The van der Waals surface area contributed by atoms with E-state index >= 15 is 0 Å². The van der Waals surface area contributed by atoms with E-state index in [4.69, 9.17) is 4.74 Å². The van der Waals surface area contributed by atoms with Crippen LogP contribution in [0.15, 0.2) is 18.2 Å². The van der Waals surface area contributed by atoms with Gasteiger partial charge in [0.15, 0.2) is 11.5 Å². The van der Waals surface area contributed by atoms with Crippen LogP contribution in [0.25, 0.3) is 0 Å². The number of phenolic OH excluding ortho intramolecular Hbond substituents is 1. The summed E-state index contributed by atoms with van der Waals surface area (Å²) in [5.41, 5.74) is 0.861. The van der Waals surface area contributed by atoms with Crippen molar-refractivity contribution in [1.82, 2.24) is 5.32 Å². The summed E-state index contributed by atoms with van der Waals surface area (Å²) in [5.74, 6) is 2.45. The molecule has 0 aliphatic heterocycles. The van der Waals surface area contributed by atoms with Crippen molar-refractivity contribution in [1.29, 1.82) is 0 Å². The van der Waals surface area contributed by atoms with Crippen LogP contribution in [0.5, 0.6) is 11.5 Å². The molecule has 2 N–H and O–H groups in total. The van der Waals surface area contributed by atoms with Gasteiger partial charge in [0.1, 0.15) is 0 Å². The predicted molar refractivity (Wildman–Crippen MR) is 89.6 cm³/mol. The Balaban J connectivity index is 1.46. The smallest absolute Gasteiger partial charge is 0.224 e. The van der Waals surface area contributed by atoms with E-state index in [0.29, 0.717) is 18.2 Å². The molecular formula is C19H27NO3. The van der Waals surface area contributed by atoms with Crippen LogP contribution in [0.3, 0.4) is 0 Å². The first kappa shape index (κ1) is 16.2. The maximum atomic E-state index is 12.2. The predicted octanol–water partition coefficient (Wildman–Crippen LogP) is 3.42. The molecule has 2 fully saturated rings. The Morgan fingerprint density at radius 3 is 2.48 bits per heavy atom. The molecule has 0 atom stereocenters. The quantitative estimate of drug-likeness (QED) is 0.875. The van der Waals surface area contributed by atoms with Gasteiger partial charge in [0, 0.05) is 6.04 Å². The highest BCUT2D eigenvalue weighted by molar-refractivity contribution is 5.79. The fourth-order valence-electron chi connectivity index (χ4n) is 3.94. The molecule has 3 rings (SSSR count). The fourth-order valence-corrected chi connectivity index (χ4v) is 3.94. The first-order chi connectivity index (χ1) is 11.2. The molecule has 1 aromatic carbocycles. The third-order valence-electron chi connectivity index (χ3n) is 5.56. The van der Waals surface area contributed by atoms with E-state index in [2.05, 4.69) is 5.32 Å². The Morgan fingerprint density at radius 1 is 1.17 bits per heavy atom. The van der Waals surface area contributed by atoms with E-state index in [-0.39, 0.29) is 11.7 Å². The number of rotatable bonds is 5. The lowest BCUT2D eigenvalue weighted by Crippen LogP contribution is -2.40. The number of phenols is 1. The van der Waals surface area contributed by atoms with E-state index in [1.165, 1.54) is 39.2 Å². The van der Waals surface area contributed by atoms with Crippen LogP contribution < -0.4 is 10.1 Å². The van der Waals surface area contributed by atoms with E-state index in [1.807, 2.05) is 0 Å². The molecule has 1 amide bonds. The minimum atomic E-state index is 0.0600. The number of methoxy groups -OCH3 is 1. The van der Waals surface area contributed by atoms with Crippen molar-refractivity contribution in [2.75, 3.05) is 7.11 Å². The first-order valence-corrected chi connectivity index (χ1v) is 8.81. The van der Waals surface area contributed by atoms with Crippen LogP contribution in [-0.4, -0.2) is 24.2 Å². The minimum absolute atomic E-state index is 0.0600. The number of carbonyl (C=O) groups excluding carboxylic acids is 1. The van der Waals surface area contributed by atoms with Crippen LogP contribution in [-0.2, 0) is 11.2 Å². The van der Waals surface area contributed by atoms with E-state index in [0.717, 1.165) is 30.2 Å². The van der Waals surface area contributed by atoms with Crippen LogP contribution in [0, 0.1) is 11.8 Å². The lowest BCUT2D eigenvalue weighted by molar-refractivity contribution is -0.121. The van der Waals surface area contributed by atoms with Crippen molar-refractivity contribution < 1.29 is 14.6 Å². The van der Waals surface area contributed by atoms with Crippen molar-refractivity contribution in [2.45, 2.75) is 57.4 Å². The molecule has 0 heterocycles. The standard InChI is InChI=1S/C19H27NO3/c1-23-18-11-13(5-10-17(18)21)12-19(22)20-16-8-6-15(7-9-16)14-3-2-4-14/h5,10-11,14-16,21H,2-4,6-9,12H2,1H3,(H,20,22). The Hall–Kier alpha value is -1.71. The second-order valence-electron chi connectivity index (χ2n) is 7.05. The highest BCUT2D eigenvalue weighted by Gasteiger charge is 2.31. The molecule has 1 aromatic rings. The van der Waals surface area contributed by atoms with Crippen LogP contribution in [0.1, 0.15) is 50.5 Å². The molecule has 0 unspecified atom stereocenters. The SMILES string of the molecule is COc1cc(CC(=O)NC2CCC(C3CCC3)CC2)ccc1O. The average Bonchev–Trinajstić information content (AvgIpc) is 2.49. The van der Waals surface area contributed by atoms with Gasteiger partial charge in [-0.25, -0.2) is 0 Å². The molecule has 23 heavy (non-hydrogen) atoms. The summed E-state index contributed by atoms with van der Waals surface area (Å²) in [6.07, 6.45) is 9.36. The molecule has 0 radical (unpaired) electrons. The van der Waals surface area contributed by atoms with E-state index in [1.54, 1.807) is 18.2 Å². The van der Waals surface area contributed by atoms with Crippen molar-refractivity contribution in [3.8, 4) is 11.5 Å². The molecule has 0 bridgehead atoms. The summed E-state index contributed by atoms with van der Waals surface area (Å²) in [5, 5.41) is 12.8. The lowest BCUT2D eigenvalue weighted by atomic mass is 9.69. The van der Waals surface area contributed by atoms with Gasteiger partial charge in [0.2, 0.25) is 5.91 Å². The number of ether oxygens (including phenoxy) is 1. The van der Waals surface area contributed by atoms with Crippen molar-refractivity contribution in [3.63, 3.8) is 0 Å². The molecule has 0 saturated heterocycles. The normalized spacial score (nSPS) is 24.7. The summed E-state index contributed by atoms with van der Waals surface area (Å²) in [6.45, 7) is 0. The van der Waals surface area contributed by atoms with Crippen LogP contribution in [0.4, 0.5) is 0 Å². The third-order valence-corrected chi connectivity index (χ3v) is 5.56. The number of hydrogen-bond donors (Lipinski definition) is 2. The van der Waals surface area contributed by atoms with Gasteiger partial charge in [-0.15, -0.1) is 0 Å². The number of nitrogens with one attached hydrogen (secondary N) is 1. The van der Waals surface area contributed by atoms with Gasteiger partial charge in [0.25, 0.3) is 0 Å². The number of carbonyl (C=O) groups is 1. The molecule has 126 valence electrons. The third kappa shape index (κ3) is 3.98. The average molecular weight is 317 g/mol. The zero-order valence-corrected chi connectivity index (χ0v) is 13.9. The van der Waals surface area contributed by atoms with Crippen LogP contribution in [0.2, 0.25) is 0 Å². The molecule has 2 aliphatic carbocycles. The zero-order chi connectivity index (χ0) is 16.2. The largest absolute Gasteiger partial charge is 0.504 e. The Kier molecular flexibility index (Phi) is 5.09. The highest BCUT2D eigenvalue weighted by Crippen LogP contribution is 2.40. The lowest BCUT2D eigenvalue weighted by Gasteiger charge is -2.38. The highest BCUT2D eigenvalue weighted by atomic mass is 16.5. The summed E-state index contributed by atoms with van der Waals surface area (Å²) in [6, 6.07) is 5.40. The van der Waals surface area contributed by atoms with E-state index < -0.39 is 0 Å². The van der Waals surface area contributed by atoms with Gasteiger partial charge < -0.3 is 15.2 Å². The first-order valence-electron chi connectivity index (χ1n) is 8.81. The molecule has 2 aliphatic rings. The van der Waals surface area contributed by atoms with E-state index in [9.17, 15) is 9.90 Å². The van der Waals surface area contributed by atoms with Crippen molar-refractivity contribution in [2.24, 2.45) is 11.8 Å². The van der Waals surface area contributed by atoms with Gasteiger partial charge in [-0.3, -0.25) is 4.79 Å². The minimum Gasteiger partial charge on any atom is -0.504 e. The second kappa shape index (κ2) is 7.24. The van der Waals surface area contributed by atoms with Crippen molar-refractivity contribution in [3.05, 3.63) is 23.8 Å². The summed E-state index contributed by atoms with van der Waals surface area (Å²) in [7, 11) is 1.51. The number of amides is 1. The maximum absolute atomic E-state index is 12.2. The number of hydrogen-bond acceptors (Lipinski definition) is 3. The molecule has 0 spiro atoms. The Bertz CT molecular complexity index is 546. The molecule has 2 saturated carbocycles. The summed E-state index contributed by atoms with van der Waals surface area (Å²) < 4.78 is 5.09. The Morgan fingerprint density at radius 2 is 1.87 bits per heavy atom. The number of aromatic hydroxyl groups is 1. The molecule has 0 aromatic heterocycles. The zero-order valence-electron chi connectivity index (χ0n) is 13.9. The van der Waals surface area contributed by atoms with Gasteiger partial charge in [-0.2, -0.15) is 0 Å². The monoisotopic (exact) mass is 317 g/mol.